The second-order valence-electron chi connectivity index (χ2n) is 4.38. The Bertz CT molecular complexity index is 455. The quantitative estimate of drug-likeness (QED) is 0.803. The number of carbonyl (C=O) groups is 2. The van der Waals surface area contributed by atoms with E-state index in [1.807, 2.05) is 13.0 Å². The predicted octanol–water partition coefficient (Wildman–Crippen LogP) is 0.178. The third kappa shape index (κ3) is 2.70. The molecule has 0 aliphatic carbocycles. The van der Waals surface area contributed by atoms with Gasteiger partial charge in [-0.3, -0.25) is 4.79 Å². The Morgan fingerprint density at radius 2 is 2.39 bits per heavy atom. The molecule has 1 unspecified atom stereocenters. The number of carbonyl (C=O) groups excluding carboxylic acids is 1. The molecule has 1 aliphatic rings. The Balaban J connectivity index is 2.04. The Hall–Kier alpha value is -1.82. The number of morpholine rings is 1. The first-order valence-electron chi connectivity index (χ1n) is 5.82. The number of aromatic amines is 1. The molecule has 2 heterocycles. The second-order valence-corrected chi connectivity index (χ2v) is 4.38. The standard InChI is InChI=1S/C12H16N2O4/c1-8-4-9(6-13-8)5-11(15)14-2-3-18-7-10(14)12(16)17/h4,6,10,13H,2-3,5,7H2,1H3,(H,16,17). The van der Waals surface area contributed by atoms with Crippen LogP contribution in [0, 0.1) is 6.92 Å². The number of hydrogen-bond acceptors (Lipinski definition) is 3. The third-order valence-corrected chi connectivity index (χ3v) is 2.98. The second kappa shape index (κ2) is 5.22. The van der Waals surface area contributed by atoms with Crippen molar-refractivity contribution in [3.05, 3.63) is 23.5 Å². The van der Waals surface area contributed by atoms with Gasteiger partial charge in [0.25, 0.3) is 0 Å². The van der Waals surface area contributed by atoms with E-state index in [1.165, 1.54) is 4.90 Å². The van der Waals surface area contributed by atoms with Crippen LogP contribution in [-0.2, 0) is 20.7 Å². The Morgan fingerprint density at radius 1 is 1.61 bits per heavy atom. The number of aliphatic carboxylic acids is 1. The normalized spacial score (nSPS) is 19.8. The molecule has 2 N–H and O–H groups in total. The average molecular weight is 252 g/mol. The van der Waals surface area contributed by atoms with Crippen LogP contribution in [0.3, 0.4) is 0 Å². The van der Waals surface area contributed by atoms with Gasteiger partial charge in [-0.2, -0.15) is 0 Å². The highest BCUT2D eigenvalue weighted by atomic mass is 16.5. The monoisotopic (exact) mass is 252 g/mol. The molecule has 1 saturated heterocycles. The van der Waals surface area contributed by atoms with E-state index in [0.717, 1.165) is 11.3 Å². The zero-order chi connectivity index (χ0) is 13.1. The van der Waals surface area contributed by atoms with Crippen molar-refractivity contribution in [2.24, 2.45) is 0 Å². The maximum absolute atomic E-state index is 12.1. The molecule has 1 aromatic rings. The van der Waals surface area contributed by atoms with E-state index in [4.69, 9.17) is 9.84 Å². The lowest BCUT2D eigenvalue weighted by Crippen LogP contribution is -2.53. The summed E-state index contributed by atoms with van der Waals surface area (Å²) in [6.07, 6.45) is 1.98. The number of ether oxygens (including phenoxy) is 1. The minimum absolute atomic E-state index is 0.0627. The molecular formula is C12H16N2O4. The molecule has 0 aromatic carbocycles. The smallest absolute Gasteiger partial charge is 0.328 e. The average Bonchev–Trinajstić information content (AvgIpc) is 2.74. The van der Waals surface area contributed by atoms with Crippen LogP contribution < -0.4 is 0 Å². The lowest BCUT2D eigenvalue weighted by Gasteiger charge is -2.32. The van der Waals surface area contributed by atoms with Gasteiger partial charge in [-0.25, -0.2) is 4.79 Å². The topological polar surface area (TPSA) is 82.6 Å². The molecular weight excluding hydrogens is 236 g/mol. The highest BCUT2D eigenvalue weighted by Crippen LogP contribution is 2.11. The van der Waals surface area contributed by atoms with Crippen LogP contribution in [0.15, 0.2) is 12.3 Å². The van der Waals surface area contributed by atoms with Crippen molar-refractivity contribution < 1.29 is 19.4 Å². The SMILES string of the molecule is Cc1cc(CC(=O)N2CCOCC2C(=O)O)c[nH]1. The maximum Gasteiger partial charge on any atom is 0.328 e. The molecule has 1 atom stereocenters. The highest BCUT2D eigenvalue weighted by molar-refractivity contribution is 5.85. The van der Waals surface area contributed by atoms with E-state index in [2.05, 4.69) is 4.98 Å². The summed E-state index contributed by atoms with van der Waals surface area (Å²) in [5.74, 6) is -1.20. The van der Waals surface area contributed by atoms with Crippen molar-refractivity contribution in [2.45, 2.75) is 19.4 Å². The summed E-state index contributed by atoms with van der Waals surface area (Å²) >= 11 is 0. The van der Waals surface area contributed by atoms with Crippen molar-refractivity contribution in [2.75, 3.05) is 19.8 Å². The number of carboxylic acids is 1. The summed E-state index contributed by atoms with van der Waals surface area (Å²) in [6, 6.07) is 1.01. The number of aryl methyl sites for hydroxylation is 1. The van der Waals surface area contributed by atoms with E-state index in [9.17, 15) is 9.59 Å². The molecule has 6 nitrogen and oxygen atoms in total. The van der Waals surface area contributed by atoms with Crippen molar-refractivity contribution in [3.8, 4) is 0 Å². The minimum Gasteiger partial charge on any atom is -0.480 e. The number of nitrogens with one attached hydrogen (secondary N) is 1. The van der Waals surface area contributed by atoms with Gasteiger partial charge in [0.15, 0.2) is 6.04 Å². The molecule has 2 rings (SSSR count). The lowest BCUT2D eigenvalue weighted by molar-refractivity contribution is -0.158. The van der Waals surface area contributed by atoms with E-state index >= 15 is 0 Å². The summed E-state index contributed by atoms with van der Waals surface area (Å²) in [4.78, 5) is 27.5. The van der Waals surface area contributed by atoms with Crippen LogP contribution in [0.1, 0.15) is 11.3 Å². The molecule has 0 bridgehead atoms. The number of nitrogens with zero attached hydrogens (tertiary/aromatic N) is 1. The summed E-state index contributed by atoms with van der Waals surface area (Å²) in [5, 5.41) is 9.05. The number of hydrogen-bond donors (Lipinski definition) is 2. The third-order valence-electron chi connectivity index (χ3n) is 2.98. The first-order chi connectivity index (χ1) is 8.58. The summed E-state index contributed by atoms with van der Waals surface area (Å²) in [7, 11) is 0. The lowest BCUT2D eigenvalue weighted by atomic mass is 10.1. The van der Waals surface area contributed by atoms with Crippen LogP contribution in [0.5, 0.6) is 0 Å². The summed E-state index contributed by atoms with van der Waals surface area (Å²) in [5.41, 5.74) is 1.85. The zero-order valence-electron chi connectivity index (χ0n) is 10.2. The molecule has 0 saturated carbocycles. The van der Waals surface area contributed by atoms with E-state index in [1.54, 1.807) is 6.20 Å². The van der Waals surface area contributed by atoms with Crippen LogP contribution in [0.2, 0.25) is 0 Å². The van der Waals surface area contributed by atoms with Crippen LogP contribution >= 0.6 is 0 Å². The van der Waals surface area contributed by atoms with Gasteiger partial charge in [0.05, 0.1) is 19.6 Å². The molecule has 1 aromatic heterocycles. The van der Waals surface area contributed by atoms with E-state index in [0.29, 0.717) is 13.2 Å². The summed E-state index contributed by atoms with van der Waals surface area (Å²) in [6.45, 7) is 2.69. The van der Waals surface area contributed by atoms with Crippen molar-refractivity contribution in [3.63, 3.8) is 0 Å². The molecule has 1 aliphatic heterocycles. The maximum atomic E-state index is 12.1. The fourth-order valence-corrected chi connectivity index (χ4v) is 2.05. The van der Waals surface area contributed by atoms with Crippen LogP contribution in [0.4, 0.5) is 0 Å². The van der Waals surface area contributed by atoms with Gasteiger partial charge in [0.1, 0.15) is 0 Å². The number of H-pyrrole nitrogens is 1. The van der Waals surface area contributed by atoms with Crippen molar-refractivity contribution in [1.29, 1.82) is 0 Å². The zero-order valence-corrected chi connectivity index (χ0v) is 10.2. The fourth-order valence-electron chi connectivity index (χ4n) is 2.05. The van der Waals surface area contributed by atoms with Crippen molar-refractivity contribution >= 4 is 11.9 Å². The number of aromatic nitrogens is 1. The fraction of sp³-hybridized carbons (Fsp3) is 0.500. The molecule has 1 fully saturated rings. The molecule has 6 heteroatoms. The first kappa shape index (κ1) is 12.6. The van der Waals surface area contributed by atoms with Gasteiger partial charge in [-0.1, -0.05) is 0 Å². The Kier molecular flexibility index (Phi) is 3.66. The van der Waals surface area contributed by atoms with Gasteiger partial charge in [0, 0.05) is 18.4 Å². The molecule has 1 amide bonds. The number of amides is 1. The number of rotatable bonds is 3. The minimum atomic E-state index is -1.02. The predicted molar refractivity (Wildman–Crippen MR) is 63.2 cm³/mol. The van der Waals surface area contributed by atoms with Crippen LogP contribution in [-0.4, -0.2) is 52.7 Å². The van der Waals surface area contributed by atoms with Crippen LogP contribution in [0.25, 0.3) is 0 Å². The van der Waals surface area contributed by atoms with Gasteiger partial charge in [-0.15, -0.1) is 0 Å². The van der Waals surface area contributed by atoms with E-state index in [-0.39, 0.29) is 18.9 Å². The molecule has 18 heavy (non-hydrogen) atoms. The first-order valence-corrected chi connectivity index (χ1v) is 5.82. The Labute approximate surface area is 105 Å². The largest absolute Gasteiger partial charge is 0.480 e. The molecule has 98 valence electrons. The van der Waals surface area contributed by atoms with Gasteiger partial charge in [-0.05, 0) is 18.6 Å². The van der Waals surface area contributed by atoms with E-state index < -0.39 is 12.0 Å². The van der Waals surface area contributed by atoms with Gasteiger partial charge >= 0.3 is 5.97 Å². The molecule has 0 spiro atoms. The highest BCUT2D eigenvalue weighted by Gasteiger charge is 2.32. The van der Waals surface area contributed by atoms with Gasteiger partial charge < -0.3 is 19.7 Å². The number of carboxylic acid groups (broad SMARTS) is 1. The Morgan fingerprint density at radius 3 is 3.00 bits per heavy atom. The summed E-state index contributed by atoms with van der Waals surface area (Å²) < 4.78 is 5.10. The molecule has 0 radical (unpaired) electrons. The van der Waals surface area contributed by atoms with Crippen molar-refractivity contribution in [1.82, 2.24) is 9.88 Å². The van der Waals surface area contributed by atoms with Gasteiger partial charge in [0.2, 0.25) is 5.91 Å².